The molecule has 0 aliphatic heterocycles. The van der Waals surface area contributed by atoms with Gasteiger partial charge in [0.1, 0.15) is 11.6 Å². The Morgan fingerprint density at radius 1 is 1.31 bits per heavy atom. The highest BCUT2D eigenvalue weighted by Gasteiger charge is 2.26. The number of hydrogen-bond donors (Lipinski definition) is 1. The van der Waals surface area contributed by atoms with E-state index in [9.17, 15) is 5.26 Å². The summed E-state index contributed by atoms with van der Waals surface area (Å²) < 4.78 is 2.17. The standard InChI is InChI=1S/C20H26N6/c1-13-6-8-15(9-7-13)11-26-12-22-19-18(26)20(25-17(10-21)24-19)23-14(2)16-4-3-5-16/h12,14-16H,1,3-9,11H2,2H3,(H,23,24,25)/t14-/m1/s1. The van der Waals surface area contributed by atoms with Crippen LogP contribution in [0.1, 0.15) is 57.7 Å². The lowest BCUT2D eigenvalue weighted by Gasteiger charge is -2.32. The van der Waals surface area contributed by atoms with Crippen LogP contribution in [0, 0.1) is 23.2 Å². The summed E-state index contributed by atoms with van der Waals surface area (Å²) in [5.41, 5.74) is 2.91. The lowest BCUT2D eigenvalue weighted by Crippen LogP contribution is -2.31. The van der Waals surface area contributed by atoms with Crippen LogP contribution in [0.15, 0.2) is 18.5 Å². The molecule has 0 unspecified atom stereocenters. The molecule has 0 bridgehead atoms. The summed E-state index contributed by atoms with van der Waals surface area (Å²) in [6.07, 6.45) is 10.3. The number of anilines is 1. The highest BCUT2D eigenvalue weighted by Crippen LogP contribution is 2.33. The molecular formula is C20H26N6. The van der Waals surface area contributed by atoms with Crippen molar-refractivity contribution in [2.45, 2.75) is 64.5 Å². The Morgan fingerprint density at radius 2 is 2.08 bits per heavy atom. The Bertz CT molecular complexity index is 847. The van der Waals surface area contributed by atoms with Crippen LogP contribution in [0.4, 0.5) is 5.82 Å². The number of nitrogens with one attached hydrogen (secondary N) is 1. The molecule has 2 aromatic rings. The van der Waals surface area contributed by atoms with Gasteiger partial charge >= 0.3 is 0 Å². The van der Waals surface area contributed by atoms with E-state index in [0.29, 0.717) is 23.5 Å². The number of hydrogen-bond acceptors (Lipinski definition) is 5. The molecule has 136 valence electrons. The predicted octanol–water partition coefficient (Wildman–Crippen LogP) is 4.04. The first-order valence-corrected chi connectivity index (χ1v) is 9.70. The number of fused-ring (bicyclic) bond motifs is 1. The van der Waals surface area contributed by atoms with E-state index < -0.39 is 0 Å². The normalized spacial score (nSPS) is 19.9. The average molecular weight is 350 g/mol. The monoisotopic (exact) mass is 350 g/mol. The number of imidazole rings is 1. The van der Waals surface area contributed by atoms with Gasteiger partial charge in [-0.05, 0) is 57.3 Å². The van der Waals surface area contributed by atoms with Crippen LogP contribution in [0.5, 0.6) is 0 Å². The zero-order valence-corrected chi connectivity index (χ0v) is 15.4. The van der Waals surface area contributed by atoms with Crippen molar-refractivity contribution in [1.29, 1.82) is 5.26 Å². The first kappa shape index (κ1) is 17.0. The number of aromatic nitrogens is 4. The van der Waals surface area contributed by atoms with Gasteiger partial charge in [-0.2, -0.15) is 15.2 Å². The molecule has 1 N–H and O–H groups in total. The van der Waals surface area contributed by atoms with E-state index in [2.05, 4.69) is 44.4 Å². The first-order valence-electron chi connectivity index (χ1n) is 9.70. The molecule has 2 fully saturated rings. The van der Waals surface area contributed by atoms with E-state index in [1.807, 2.05) is 6.33 Å². The van der Waals surface area contributed by atoms with Crippen molar-refractivity contribution in [1.82, 2.24) is 19.5 Å². The third-order valence-corrected chi connectivity index (χ3v) is 6.06. The van der Waals surface area contributed by atoms with Gasteiger partial charge in [-0.15, -0.1) is 0 Å². The maximum atomic E-state index is 9.27. The zero-order valence-electron chi connectivity index (χ0n) is 15.4. The van der Waals surface area contributed by atoms with Crippen LogP contribution >= 0.6 is 0 Å². The third kappa shape index (κ3) is 3.31. The van der Waals surface area contributed by atoms with Crippen molar-refractivity contribution in [2.24, 2.45) is 11.8 Å². The summed E-state index contributed by atoms with van der Waals surface area (Å²) in [6, 6.07) is 2.41. The molecule has 2 heterocycles. The lowest BCUT2D eigenvalue weighted by atomic mass is 9.80. The summed E-state index contributed by atoms with van der Waals surface area (Å²) >= 11 is 0. The minimum Gasteiger partial charge on any atom is -0.365 e. The van der Waals surface area contributed by atoms with Gasteiger partial charge in [-0.25, -0.2) is 4.98 Å². The molecule has 0 saturated heterocycles. The van der Waals surface area contributed by atoms with Crippen LogP contribution in [-0.2, 0) is 6.54 Å². The Labute approximate surface area is 154 Å². The Hall–Kier alpha value is -2.42. The van der Waals surface area contributed by atoms with E-state index in [-0.39, 0.29) is 5.82 Å². The van der Waals surface area contributed by atoms with Gasteiger partial charge in [0.05, 0.1) is 6.33 Å². The zero-order chi connectivity index (χ0) is 18.1. The van der Waals surface area contributed by atoms with Gasteiger partial charge in [0.25, 0.3) is 0 Å². The third-order valence-electron chi connectivity index (χ3n) is 6.06. The van der Waals surface area contributed by atoms with Crippen molar-refractivity contribution >= 4 is 17.0 Å². The van der Waals surface area contributed by atoms with Crippen LogP contribution < -0.4 is 5.32 Å². The second-order valence-corrected chi connectivity index (χ2v) is 7.89. The fraction of sp³-hybridized carbons (Fsp3) is 0.600. The number of allylic oxidation sites excluding steroid dienone is 1. The van der Waals surface area contributed by atoms with Gasteiger partial charge in [0.2, 0.25) is 5.82 Å². The molecule has 0 radical (unpaired) electrons. The van der Waals surface area contributed by atoms with E-state index in [1.54, 1.807) is 0 Å². The molecule has 26 heavy (non-hydrogen) atoms. The molecule has 0 amide bonds. The fourth-order valence-corrected chi connectivity index (χ4v) is 4.09. The van der Waals surface area contributed by atoms with Crippen molar-refractivity contribution in [2.75, 3.05) is 5.32 Å². The topological polar surface area (TPSA) is 79.4 Å². The SMILES string of the molecule is C=C1CCC(Cn2cnc3nc(C#N)nc(N[C@H](C)C4CCC4)c32)CC1. The second-order valence-electron chi connectivity index (χ2n) is 7.89. The molecule has 1 atom stereocenters. The maximum absolute atomic E-state index is 9.27. The van der Waals surface area contributed by atoms with Gasteiger partial charge in [-0.1, -0.05) is 18.6 Å². The molecule has 2 aliphatic rings. The van der Waals surface area contributed by atoms with Crippen molar-refractivity contribution in [3.8, 4) is 6.07 Å². The lowest BCUT2D eigenvalue weighted by molar-refractivity contribution is 0.285. The summed E-state index contributed by atoms with van der Waals surface area (Å²) in [7, 11) is 0. The molecule has 2 aliphatic carbocycles. The van der Waals surface area contributed by atoms with Gasteiger partial charge in [-0.3, -0.25) is 0 Å². The minimum atomic E-state index is 0.181. The van der Waals surface area contributed by atoms with Gasteiger partial charge in [0, 0.05) is 12.6 Å². The van der Waals surface area contributed by atoms with Crippen molar-refractivity contribution in [3.05, 3.63) is 24.3 Å². The van der Waals surface area contributed by atoms with Gasteiger partial charge < -0.3 is 9.88 Å². The summed E-state index contributed by atoms with van der Waals surface area (Å²) in [6.45, 7) is 7.24. The predicted molar refractivity (Wildman–Crippen MR) is 102 cm³/mol. The summed E-state index contributed by atoms with van der Waals surface area (Å²) in [5, 5.41) is 12.8. The Balaban J connectivity index is 1.63. The van der Waals surface area contributed by atoms with E-state index >= 15 is 0 Å². The largest absolute Gasteiger partial charge is 0.365 e. The van der Waals surface area contributed by atoms with E-state index in [4.69, 9.17) is 0 Å². The molecule has 0 aromatic carbocycles. The highest BCUT2D eigenvalue weighted by atomic mass is 15.2. The van der Waals surface area contributed by atoms with Crippen LogP contribution in [-0.4, -0.2) is 25.6 Å². The Morgan fingerprint density at radius 3 is 2.73 bits per heavy atom. The van der Waals surface area contributed by atoms with Crippen LogP contribution in [0.3, 0.4) is 0 Å². The second kappa shape index (κ2) is 7.06. The van der Waals surface area contributed by atoms with E-state index in [0.717, 1.165) is 30.7 Å². The number of rotatable bonds is 5. The molecule has 0 spiro atoms. The van der Waals surface area contributed by atoms with E-state index in [1.165, 1.54) is 37.7 Å². The number of nitrogens with zero attached hydrogens (tertiary/aromatic N) is 5. The minimum absolute atomic E-state index is 0.181. The quantitative estimate of drug-likeness (QED) is 0.823. The van der Waals surface area contributed by atoms with Crippen molar-refractivity contribution < 1.29 is 0 Å². The molecule has 4 rings (SSSR count). The molecule has 2 saturated carbocycles. The molecule has 2 aromatic heterocycles. The average Bonchev–Trinajstić information content (AvgIpc) is 2.98. The first-order chi connectivity index (χ1) is 12.6. The molecular weight excluding hydrogens is 324 g/mol. The summed E-state index contributed by atoms with van der Waals surface area (Å²) in [5.74, 6) is 2.25. The fourth-order valence-electron chi connectivity index (χ4n) is 4.09. The maximum Gasteiger partial charge on any atom is 0.236 e. The highest BCUT2D eigenvalue weighted by molar-refractivity contribution is 5.83. The molecule has 6 heteroatoms. The number of nitriles is 1. The smallest absolute Gasteiger partial charge is 0.236 e. The molecule has 6 nitrogen and oxygen atoms in total. The van der Waals surface area contributed by atoms with Crippen molar-refractivity contribution in [3.63, 3.8) is 0 Å². The Kier molecular flexibility index (Phi) is 4.62. The van der Waals surface area contributed by atoms with Crippen LogP contribution in [0.25, 0.3) is 11.2 Å². The van der Waals surface area contributed by atoms with Gasteiger partial charge in [0.15, 0.2) is 11.5 Å². The summed E-state index contributed by atoms with van der Waals surface area (Å²) in [4.78, 5) is 13.2. The van der Waals surface area contributed by atoms with Crippen LogP contribution in [0.2, 0.25) is 0 Å².